The van der Waals surface area contributed by atoms with Crippen LogP contribution in [-0.4, -0.2) is 12.6 Å². The van der Waals surface area contributed by atoms with E-state index in [9.17, 15) is 4.79 Å². The Morgan fingerprint density at radius 2 is 2.17 bits per heavy atom. The van der Waals surface area contributed by atoms with Crippen LogP contribution in [-0.2, 0) is 4.74 Å². The Labute approximate surface area is 108 Å². The molecular weight excluding hydrogens is 224 g/mol. The number of hydrogen-bond donors (Lipinski definition) is 0. The van der Waals surface area contributed by atoms with Gasteiger partial charge in [-0.05, 0) is 36.3 Å². The van der Waals surface area contributed by atoms with E-state index in [-0.39, 0.29) is 11.4 Å². The van der Waals surface area contributed by atoms with Crippen LogP contribution in [0, 0.1) is 17.3 Å². The van der Waals surface area contributed by atoms with Crippen molar-refractivity contribution in [2.75, 3.05) is 6.61 Å². The molecular formula is C16H18O2. The van der Waals surface area contributed by atoms with Crippen molar-refractivity contribution in [2.45, 2.75) is 19.8 Å². The molecule has 1 fully saturated rings. The normalized spacial score (nSPS) is 32.7. The lowest BCUT2D eigenvalue weighted by Gasteiger charge is -2.27. The van der Waals surface area contributed by atoms with Crippen molar-refractivity contribution in [2.24, 2.45) is 17.3 Å². The maximum Gasteiger partial charge on any atom is 0.338 e. The van der Waals surface area contributed by atoms with Crippen LogP contribution in [0.5, 0.6) is 0 Å². The van der Waals surface area contributed by atoms with Crippen LogP contribution < -0.4 is 0 Å². The van der Waals surface area contributed by atoms with Crippen LogP contribution in [0.2, 0.25) is 0 Å². The van der Waals surface area contributed by atoms with Gasteiger partial charge in [0, 0.05) is 5.92 Å². The quantitative estimate of drug-likeness (QED) is 0.599. The lowest BCUT2D eigenvalue weighted by molar-refractivity contribution is 0.0375. The highest BCUT2D eigenvalue weighted by Crippen LogP contribution is 2.52. The first-order valence-electron chi connectivity index (χ1n) is 6.59. The van der Waals surface area contributed by atoms with Crippen molar-refractivity contribution in [3.05, 3.63) is 48.0 Å². The minimum atomic E-state index is -0.203. The van der Waals surface area contributed by atoms with Crippen LogP contribution in [0.25, 0.3) is 0 Å². The summed E-state index contributed by atoms with van der Waals surface area (Å²) in [7, 11) is 0. The second-order valence-electron chi connectivity index (χ2n) is 5.73. The molecule has 0 spiro atoms. The molecule has 2 bridgehead atoms. The number of fused-ring (bicyclic) bond motifs is 2. The molecule has 94 valence electrons. The van der Waals surface area contributed by atoms with E-state index in [1.807, 2.05) is 18.2 Å². The second-order valence-corrected chi connectivity index (χ2v) is 5.73. The lowest BCUT2D eigenvalue weighted by Crippen LogP contribution is -2.25. The van der Waals surface area contributed by atoms with Gasteiger partial charge >= 0.3 is 5.97 Å². The molecule has 1 aromatic carbocycles. The van der Waals surface area contributed by atoms with Crippen molar-refractivity contribution >= 4 is 5.97 Å². The van der Waals surface area contributed by atoms with Gasteiger partial charge < -0.3 is 4.74 Å². The molecule has 0 saturated heterocycles. The molecule has 1 saturated carbocycles. The number of allylic oxidation sites excluding steroid dienone is 2. The lowest BCUT2D eigenvalue weighted by atomic mass is 9.80. The van der Waals surface area contributed by atoms with Gasteiger partial charge in [0.05, 0.1) is 12.2 Å². The van der Waals surface area contributed by atoms with Gasteiger partial charge in [0.25, 0.3) is 0 Å². The maximum atomic E-state index is 11.9. The van der Waals surface area contributed by atoms with E-state index < -0.39 is 0 Å². The number of esters is 1. The van der Waals surface area contributed by atoms with Crippen LogP contribution in [0.1, 0.15) is 30.1 Å². The van der Waals surface area contributed by atoms with Gasteiger partial charge in [-0.1, -0.05) is 37.3 Å². The SMILES string of the molecule is CC12C=CC(CC1COC(=O)c1ccccc1)C2. The van der Waals surface area contributed by atoms with Gasteiger partial charge in [-0.25, -0.2) is 4.79 Å². The summed E-state index contributed by atoms with van der Waals surface area (Å²) in [6, 6.07) is 9.21. The van der Waals surface area contributed by atoms with E-state index >= 15 is 0 Å². The molecule has 1 aromatic rings. The standard InChI is InChI=1S/C16H18O2/c1-16-8-7-12(10-16)9-14(16)11-18-15(17)13-5-3-2-4-6-13/h2-8,12,14H,9-11H2,1H3. The third-order valence-electron chi connectivity index (χ3n) is 4.40. The van der Waals surface area contributed by atoms with E-state index in [4.69, 9.17) is 4.74 Å². The number of ether oxygens (including phenoxy) is 1. The largest absolute Gasteiger partial charge is 0.462 e. The van der Waals surface area contributed by atoms with Gasteiger partial charge in [-0.2, -0.15) is 0 Å². The number of benzene rings is 1. The molecule has 2 aliphatic carbocycles. The first-order chi connectivity index (χ1) is 8.67. The fourth-order valence-electron chi connectivity index (χ4n) is 3.25. The van der Waals surface area contributed by atoms with Gasteiger partial charge in [0.15, 0.2) is 0 Å². The first kappa shape index (κ1) is 11.5. The molecule has 0 radical (unpaired) electrons. The average molecular weight is 242 g/mol. The highest BCUT2D eigenvalue weighted by atomic mass is 16.5. The second kappa shape index (κ2) is 4.27. The van der Waals surface area contributed by atoms with Crippen molar-refractivity contribution in [1.82, 2.24) is 0 Å². The van der Waals surface area contributed by atoms with E-state index in [1.54, 1.807) is 12.1 Å². The van der Waals surface area contributed by atoms with E-state index in [0.717, 1.165) is 6.42 Å². The minimum Gasteiger partial charge on any atom is -0.462 e. The molecule has 0 aromatic heterocycles. The molecule has 3 unspecified atom stereocenters. The molecule has 3 rings (SSSR count). The highest BCUT2D eigenvalue weighted by molar-refractivity contribution is 5.89. The fraction of sp³-hybridized carbons (Fsp3) is 0.438. The maximum absolute atomic E-state index is 11.9. The van der Waals surface area contributed by atoms with E-state index in [0.29, 0.717) is 24.0 Å². The summed E-state index contributed by atoms with van der Waals surface area (Å²) in [6.45, 7) is 2.82. The van der Waals surface area contributed by atoms with Gasteiger partial charge in [0.2, 0.25) is 0 Å². The fourth-order valence-corrected chi connectivity index (χ4v) is 3.25. The van der Waals surface area contributed by atoms with Gasteiger partial charge in [-0.15, -0.1) is 0 Å². The Morgan fingerprint density at radius 3 is 2.78 bits per heavy atom. The van der Waals surface area contributed by atoms with Crippen molar-refractivity contribution in [1.29, 1.82) is 0 Å². The summed E-state index contributed by atoms with van der Waals surface area (Å²) < 4.78 is 5.46. The third-order valence-corrected chi connectivity index (χ3v) is 4.40. The minimum absolute atomic E-state index is 0.203. The zero-order chi connectivity index (χ0) is 12.6. The highest BCUT2D eigenvalue weighted by Gasteiger charge is 2.45. The molecule has 2 aliphatic rings. The Hall–Kier alpha value is -1.57. The predicted octanol–water partition coefficient (Wildman–Crippen LogP) is 3.45. The average Bonchev–Trinajstić information content (AvgIpc) is 2.92. The summed E-state index contributed by atoms with van der Waals surface area (Å²) in [6.07, 6.45) is 7.01. The van der Waals surface area contributed by atoms with Crippen LogP contribution in [0.3, 0.4) is 0 Å². The van der Waals surface area contributed by atoms with Crippen molar-refractivity contribution in [3.63, 3.8) is 0 Å². The summed E-state index contributed by atoms with van der Waals surface area (Å²) in [5, 5.41) is 0. The van der Waals surface area contributed by atoms with Crippen molar-refractivity contribution < 1.29 is 9.53 Å². The van der Waals surface area contributed by atoms with Crippen molar-refractivity contribution in [3.8, 4) is 0 Å². The Morgan fingerprint density at radius 1 is 1.39 bits per heavy atom. The van der Waals surface area contributed by atoms with Crippen LogP contribution in [0.15, 0.2) is 42.5 Å². The molecule has 18 heavy (non-hydrogen) atoms. The third kappa shape index (κ3) is 1.96. The summed E-state index contributed by atoms with van der Waals surface area (Å²) in [5.41, 5.74) is 0.892. The smallest absolute Gasteiger partial charge is 0.338 e. The molecule has 2 heteroatoms. The zero-order valence-electron chi connectivity index (χ0n) is 10.6. The Balaban J connectivity index is 1.60. The number of carbonyl (C=O) groups excluding carboxylic acids is 1. The topological polar surface area (TPSA) is 26.3 Å². The summed E-state index contributed by atoms with van der Waals surface area (Å²) in [5.74, 6) is 0.988. The summed E-state index contributed by atoms with van der Waals surface area (Å²) in [4.78, 5) is 11.9. The Kier molecular flexibility index (Phi) is 2.73. The molecule has 0 heterocycles. The van der Waals surface area contributed by atoms with Gasteiger partial charge in [-0.3, -0.25) is 0 Å². The van der Waals surface area contributed by atoms with Crippen LogP contribution in [0.4, 0.5) is 0 Å². The molecule has 0 N–H and O–H groups in total. The number of rotatable bonds is 3. The molecule has 0 amide bonds. The number of carbonyl (C=O) groups is 1. The first-order valence-corrected chi connectivity index (χ1v) is 6.59. The summed E-state index contributed by atoms with van der Waals surface area (Å²) >= 11 is 0. The molecule has 0 aliphatic heterocycles. The van der Waals surface area contributed by atoms with Gasteiger partial charge in [0.1, 0.15) is 0 Å². The van der Waals surface area contributed by atoms with E-state index in [2.05, 4.69) is 19.1 Å². The molecule has 2 nitrogen and oxygen atoms in total. The predicted molar refractivity (Wildman–Crippen MR) is 70.2 cm³/mol. The van der Waals surface area contributed by atoms with Crippen LogP contribution >= 0.6 is 0 Å². The number of hydrogen-bond acceptors (Lipinski definition) is 2. The zero-order valence-corrected chi connectivity index (χ0v) is 10.6. The molecule has 3 atom stereocenters. The monoisotopic (exact) mass is 242 g/mol. The van der Waals surface area contributed by atoms with E-state index in [1.165, 1.54) is 6.42 Å². The Bertz CT molecular complexity index is 477.